The van der Waals surface area contributed by atoms with Gasteiger partial charge in [0, 0.05) is 0 Å². The van der Waals surface area contributed by atoms with E-state index >= 15 is 0 Å². The molecule has 2 aromatic rings. The Morgan fingerprint density at radius 1 is 1.26 bits per heavy atom. The Bertz CT molecular complexity index is 796. The molecule has 3 rings (SSSR count). The van der Waals surface area contributed by atoms with Gasteiger partial charge in [-0.1, -0.05) is 6.07 Å². The molecule has 0 unspecified atom stereocenters. The van der Waals surface area contributed by atoms with Gasteiger partial charge >= 0.3 is 0 Å². The van der Waals surface area contributed by atoms with Crippen molar-refractivity contribution in [2.45, 2.75) is 19.9 Å². The summed E-state index contributed by atoms with van der Waals surface area (Å²) in [4.78, 5) is 28.0. The van der Waals surface area contributed by atoms with E-state index in [0.717, 1.165) is 10.5 Å². The van der Waals surface area contributed by atoms with Gasteiger partial charge in [0.2, 0.25) is 0 Å². The smallest absolute Gasteiger partial charge is 0.289 e. The fourth-order valence-corrected chi connectivity index (χ4v) is 3.33. The number of anilines is 1. The van der Waals surface area contributed by atoms with E-state index in [1.165, 1.54) is 6.26 Å². The molecule has 1 aliphatic heterocycles. The summed E-state index contributed by atoms with van der Waals surface area (Å²) in [6, 6.07) is 8.85. The molecule has 2 heterocycles. The summed E-state index contributed by atoms with van der Waals surface area (Å²) in [6.45, 7) is 6.51. The predicted octanol–water partition coefficient (Wildman–Crippen LogP) is 0.965. The van der Waals surface area contributed by atoms with Crippen molar-refractivity contribution in [3.63, 3.8) is 0 Å². The van der Waals surface area contributed by atoms with Gasteiger partial charge in [-0.3, -0.25) is 9.59 Å². The lowest BCUT2D eigenvalue weighted by atomic mass is 10.1. The lowest BCUT2D eigenvalue weighted by Crippen LogP contribution is -3.19. The molecule has 0 spiro atoms. The summed E-state index contributed by atoms with van der Waals surface area (Å²) in [5.74, 6) is 0.848. The van der Waals surface area contributed by atoms with Gasteiger partial charge in [0.05, 0.1) is 45.2 Å². The van der Waals surface area contributed by atoms with Crippen molar-refractivity contribution in [2.75, 3.05) is 38.6 Å². The lowest BCUT2D eigenvalue weighted by Gasteiger charge is -2.34. The van der Waals surface area contributed by atoms with Crippen molar-refractivity contribution in [1.29, 1.82) is 0 Å². The van der Waals surface area contributed by atoms with Crippen molar-refractivity contribution in [3.8, 4) is 5.75 Å². The molecule has 1 fully saturated rings. The number of piperazine rings is 1. The minimum absolute atomic E-state index is 0.0558. The third-order valence-corrected chi connectivity index (χ3v) is 5.04. The highest BCUT2D eigenvalue weighted by Crippen LogP contribution is 2.25. The molecule has 1 aromatic carbocycles. The SMILES string of the molecule is COc1ccc(C)cc1NC(=O)[C@H](C)[NH+]1CCN(C(=O)c2ccco2)CC1. The second-order valence-corrected chi connectivity index (χ2v) is 6.84. The summed E-state index contributed by atoms with van der Waals surface area (Å²) >= 11 is 0. The molecule has 0 radical (unpaired) electrons. The number of methoxy groups -OCH3 is 1. The van der Waals surface area contributed by atoms with E-state index in [1.807, 2.05) is 32.0 Å². The highest BCUT2D eigenvalue weighted by Gasteiger charge is 2.32. The number of hydrogen-bond acceptors (Lipinski definition) is 4. The van der Waals surface area contributed by atoms with Crippen LogP contribution in [0, 0.1) is 6.92 Å². The molecule has 0 saturated carbocycles. The van der Waals surface area contributed by atoms with Gasteiger partial charge in [0.25, 0.3) is 11.8 Å². The van der Waals surface area contributed by atoms with Crippen molar-refractivity contribution >= 4 is 17.5 Å². The molecule has 2 N–H and O–H groups in total. The summed E-state index contributed by atoms with van der Waals surface area (Å²) in [6.07, 6.45) is 1.50. The maximum Gasteiger partial charge on any atom is 0.289 e. The van der Waals surface area contributed by atoms with E-state index in [2.05, 4.69) is 5.32 Å². The van der Waals surface area contributed by atoms with Crippen LogP contribution in [0.1, 0.15) is 23.0 Å². The number of furan rings is 1. The third kappa shape index (κ3) is 4.31. The van der Waals surface area contributed by atoms with Crippen LogP contribution < -0.4 is 15.0 Å². The molecule has 0 aliphatic carbocycles. The van der Waals surface area contributed by atoms with Crippen LogP contribution in [0.4, 0.5) is 5.69 Å². The quantitative estimate of drug-likeness (QED) is 0.820. The van der Waals surface area contributed by atoms with E-state index in [1.54, 1.807) is 24.1 Å². The average molecular weight is 372 g/mol. The first kappa shape index (κ1) is 19.0. The minimum Gasteiger partial charge on any atom is -0.495 e. The van der Waals surface area contributed by atoms with Crippen molar-refractivity contribution in [1.82, 2.24) is 4.90 Å². The Balaban J connectivity index is 1.57. The Morgan fingerprint density at radius 2 is 2.00 bits per heavy atom. The van der Waals surface area contributed by atoms with E-state index < -0.39 is 0 Å². The van der Waals surface area contributed by atoms with Gasteiger partial charge in [0.15, 0.2) is 11.8 Å². The van der Waals surface area contributed by atoms with E-state index in [9.17, 15) is 9.59 Å². The van der Waals surface area contributed by atoms with Crippen LogP contribution in [0.3, 0.4) is 0 Å². The van der Waals surface area contributed by atoms with Crippen LogP contribution in [0.15, 0.2) is 41.0 Å². The molecule has 27 heavy (non-hydrogen) atoms. The van der Waals surface area contributed by atoms with E-state index in [4.69, 9.17) is 9.15 Å². The Labute approximate surface area is 158 Å². The zero-order chi connectivity index (χ0) is 19.4. The largest absolute Gasteiger partial charge is 0.495 e. The fraction of sp³-hybridized carbons (Fsp3) is 0.400. The van der Waals surface area contributed by atoms with Gasteiger partial charge < -0.3 is 24.3 Å². The number of aryl methyl sites for hydroxylation is 1. The van der Waals surface area contributed by atoms with Crippen LogP contribution in [-0.2, 0) is 4.79 Å². The maximum absolute atomic E-state index is 12.7. The molecule has 0 bridgehead atoms. The number of ether oxygens (including phenoxy) is 1. The van der Waals surface area contributed by atoms with Gasteiger partial charge in [0.1, 0.15) is 5.75 Å². The number of benzene rings is 1. The molecule has 2 amide bonds. The number of hydrogen-bond donors (Lipinski definition) is 2. The zero-order valence-electron chi connectivity index (χ0n) is 16.0. The van der Waals surface area contributed by atoms with Crippen LogP contribution in [0.2, 0.25) is 0 Å². The second-order valence-electron chi connectivity index (χ2n) is 6.84. The Hall–Kier alpha value is -2.80. The van der Waals surface area contributed by atoms with E-state index in [-0.39, 0.29) is 17.9 Å². The maximum atomic E-state index is 12.7. The monoisotopic (exact) mass is 372 g/mol. The Kier molecular flexibility index (Phi) is 5.81. The van der Waals surface area contributed by atoms with E-state index in [0.29, 0.717) is 43.4 Å². The van der Waals surface area contributed by atoms with Crippen LogP contribution in [0.25, 0.3) is 0 Å². The first-order chi connectivity index (χ1) is 13.0. The van der Waals surface area contributed by atoms with Crippen LogP contribution in [0.5, 0.6) is 5.75 Å². The second kappa shape index (κ2) is 8.26. The molecule has 1 atom stereocenters. The molecule has 1 saturated heterocycles. The molecule has 7 nitrogen and oxygen atoms in total. The number of rotatable bonds is 5. The lowest BCUT2D eigenvalue weighted by molar-refractivity contribution is -0.917. The summed E-state index contributed by atoms with van der Waals surface area (Å²) in [5, 5.41) is 2.98. The molecule has 1 aromatic heterocycles. The number of quaternary nitrogens is 1. The molecular weight excluding hydrogens is 346 g/mol. The highest BCUT2D eigenvalue weighted by molar-refractivity contribution is 5.95. The zero-order valence-corrected chi connectivity index (χ0v) is 16.0. The predicted molar refractivity (Wildman–Crippen MR) is 101 cm³/mol. The minimum atomic E-state index is -0.226. The summed E-state index contributed by atoms with van der Waals surface area (Å²) in [5.41, 5.74) is 1.73. The highest BCUT2D eigenvalue weighted by atomic mass is 16.5. The van der Waals surface area contributed by atoms with Crippen LogP contribution >= 0.6 is 0 Å². The first-order valence-electron chi connectivity index (χ1n) is 9.12. The van der Waals surface area contributed by atoms with Crippen molar-refractivity contribution < 1.29 is 23.6 Å². The van der Waals surface area contributed by atoms with Gasteiger partial charge in [-0.2, -0.15) is 0 Å². The standard InChI is InChI=1S/C20H25N3O4/c1-14-6-7-17(26-3)16(13-14)21-19(24)15(2)22-8-10-23(11-9-22)20(25)18-5-4-12-27-18/h4-7,12-13,15H,8-11H2,1-3H3,(H,21,24)/p+1/t15-/m0/s1. The number of carbonyl (C=O) groups excluding carboxylic acids is 2. The van der Waals surface area contributed by atoms with Gasteiger partial charge in [-0.15, -0.1) is 0 Å². The molecular formula is C20H26N3O4+. The Morgan fingerprint density at radius 3 is 2.63 bits per heavy atom. The number of nitrogens with zero attached hydrogens (tertiary/aromatic N) is 1. The normalized spacial score (nSPS) is 16.0. The van der Waals surface area contributed by atoms with Gasteiger partial charge in [-0.25, -0.2) is 0 Å². The first-order valence-corrected chi connectivity index (χ1v) is 9.12. The third-order valence-electron chi connectivity index (χ3n) is 5.04. The van der Waals surface area contributed by atoms with Gasteiger partial charge in [-0.05, 0) is 43.7 Å². The summed E-state index contributed by atoms with van der Waals surface area (Å²) < 4.78 is 10.5. The fourth-order valence-electron chi connectivity index (χ4n) is 3.33. The molecule has 144 valence electrons. The number of amides is 2. The summed E-state index contributed by atoms with van der Waals surface area (Å²) in [7, 11) is 1.59. The van der Waals surface area contributed by atoms with Crippen LogP contribution in [-0.4, -0.2) is 56.0 Å². The topological polar surface area (TPSA) is 76.2 Å². The number of carbonyl (C=O) groups is 2. The van der Waals surface area contributed by atoms with Crippen molar-refractivity contribution in [2.24, 2.45) is 0 Å². The molecule has 7 heteroatoms. The average Bonchev–Trinajstić information content (AvgIpc) is 3.22. The van der Waals surface area contributed by atoms with Crippen molar-refractivity contribution in [3.05, 3.63) is 47.9 Å². The number of nitrogens with one attached hydrogen (secondary N) is 2. The molecule has 1 aliphatic rings.